The van der Waals surface area contributed by atoms with Gasteiger partial charge >= 0.3 is 0 Å². The van der Waals surface area contributed by atoms with E-state index >= 15 is 0 Å². The minimum atomic E-state index is -3.23. The molecule has 0 saturated carbocycles. The highest BCUT2D eigenvalue weighted by atomic mass is 32.2. The van der Waals surface area contributed by atoms with E-state index in [2.05, 4.69) is 18.0 Å². The lowest BCUT2D eigenvalue weighted by Gasteiger charge is -2.06. The molecule has 0 spiro atoms. The minimum Gasteiger partial charge on any atom is -0.270 e. The standard InChI is InChI=1S/C8H18O3S/c1-4-8(2)6-5-7-11-12(3,9)10/h8H,4-7H2,1-3H3. The van der Waals surface area contributed by atoms with Crippen molar-refractivity contribution < 1.29 is 12.6 Å². The summed E-state index contributed by atoms with van der Waals surface area (Å²) in [6, 6.07) is 0. The fourth-order valence-corrected chi connectivity index (χ4v) is 1.27. The highest BCUT2D eigenvalue weighted by Gasteiger charge is 2.02. The molecule has 0 aromatic rings. The van der Waals surface area contributed by atoms with Gasteiger partial charge in [-0.3, -0.25) is 4.18 Å². The Morgan fingerprint density at radius 2 is 2.00 bits per heavy atom. The molecule has 0 aliphatic carbocycles. The third-order valence-corrected chi connectivity index (χ3v) is 2.43. The largest absolute Gasteiger partial charge is 0.270 e. The first-order valence-corrected chi connectivity index (χ1v) is 6.11. The molecule has 0 rings (SSSR count). The second-order valence-corrected chi connectivity index (χ2v) is 4.83. The zero-order chi connectivity index (χ0) is 9.61. The molecule has 1 atom stereocenters. The van der Waals surface area contributed by atoms with Gasteiger partial charge in [0.25, 0.3) is 10.1 Å². The lowest BCUT2D eigenvalue weighted by molar-refractivity contribution is 0.299. The second-order valence-electron chi connectivity index (χ2n) is 3.18. The Kier molecular flexibility index (Phi) is 5.50. The van der Waals surface area contributed by atoms with E-state index in [1.807, 2.05) is 0 Å². The summed E-state index contributed by atoms with van der Waals surface area (Å²) in [5.41, 5.74) is 0. The van der Waals surface area contributed by atoms with E-state index in [0.717, 1.165) is 25.5 Å². The Labute approximate surface area is 75.2 Å². The van der Waals surface area contributed by atoms with Gasteiger partial charge in [0.05, 0.1) is 12.9 Å². The summed E-state index contributed by atoms with van der Waals surface area (Å²) in [5.74, 6) is 0.660. The molecule has 0 aromatic carbocycles. The molecule has 0 aliphatic rings. The van der Waals surface area contributed by atoms with Crippen LogP contribution in [0.25, 0.3) is 0 Å². The first-order chi connectivity index (χ1) is 5.45. The molecule has 0 fully saturated rings. The van der Waals surface area contributed by atoms with Gasteiger partial charge in [0.15, 0.2) is 0 Å². The lowest BCUT2D eigenvalue weighted by Crippen LogP contribution is -2.05. The zero-order valence-electron chi connectivity index (χ0n) is 8.04. The predicted octanol–water partition coefficient (Wildman–Crippen LogP) is 1.79. The molecule has 4 heteroatoms. The van der Waals surface area contributed by atoms with Crippen LogP contribution in [-0.2, 0) is 14.3 Å². The average Bonchev–Trinajstić information content (AvgIpc) is 1.96. The minimum absolute atomic E-state index is 0.323. The van der Waals surface area contributed by atoms with E-state index in [1.165, 1.54) is 0 Å². The maximum Gasteiger partial charge on any atom is 0.264 e. The molecule has 0 amide bonds. The van der Waals surface area contributed by atoms with Crippen LogP contribution in [0.4, 0.5) is 0 Å². The third-order valence-electron chi connectivity index (χ3n) is 1.84. The van der Waals surface area contributed by atoms with Gasteiger partial charge < -0.3 is 0 Å². The lowest BCUT2D eigenvalue weighted by atomic mass is 10.0. The molecule has 0 heterocycles. The maximum absolute atomic E-state index is 10.5. The van der Waals surface area contributed by atoms with Crippen LogP contribution in [0, 0.1) is 5.92 Å². The van der Waals surface area contributed by atoms with E-state index in [9.17, 15) is 8.42 Å². The smallest absolute Gasteiger partial charge is 0.264 e. The van der Waals surface area contributed by atoms with Gasteiger partial charge in [-0.15, -0.1) is 0 Å². The Hall–Kier alpha value is -0.0900. The van der Waals surface area contributed by atoms with Gasteiger partial charge in [0.1, 0.15) is 0 Å². The maximum atomic E-state index is 10.5. The van der Waals surface area contributed by atoms with Gasteiger partial charge in [0, 0.05) is 0 Å². The van der Waals surface area contributed by atoms with Crippen LogP contribution in [0.1, 0.15) is 33.1 Å². The van der Waals surface area contributed by atoms with Crippen molar-refractivity contribution in [3.63, 3.8) is 0 Å². The molecular formula is C8H18O3S. The monoisotopic (exact) mass is 194 g/mol. The summed E-state index contributed by atoms with van der Waals surface area (Å²) in [5, 5.41) is 0. The van der Waals surface area contributed by atoms with Crippen molar-refractivity contribution in [2.75, 3.05) is 12.9 Å². The van der Waals surface area contributed by atoms with E-state index in [-0.39, 0.29) is 0 Å². The van der Waals surface area contributed by atoms with Crippen LogP contribution in [0.5, 0.6) is 0 Å². The molecule has 0 radical (unpaired) electrons. The summed E-state index contributed by atoms with van der Waals surface area (Å²) in [4.78, 5) is 0. The second kappa shape index (κ2) is 5.54. The first-order valence-electron chi connectivity index (χ1n) is 4.30. The summed E-state index contributed by atoms with van der Waals surface area (Å²) in [6.07, 6.45) is 4.07. The Morgan fingerprint density at radius 1 is 1.42 bits per heavy atom. The van der Waals surface area contributed by atoms with Gasteiger partial charge in [-0.25, -0.2) is 0 Å². The fraction of sp³-hybridized carbons (Fsp3) is 1.00. The molecule has 3 nitrogen and oxygen atoms in total. The van der Waals surface area contributed by atoms with Gasteiger partial charge in [-0.1, -0.05) is 20.3 Å². The van der Waals surface area contributed by atoms with E-state index in [1.54, 1.807) is 0 Å². The van der Waals surface area contributed by atoms with Crippen LogP contribution >= 0.6 is 0 Å². The van der Waals surface area contributed by atoms with Crippen LogP contribution in [0.2, 0.25) is 0 Å². The van der Waals surface area contributed by atoms with E-state index in [0.29, 0.717) is 12.5 Å². The third kappa shape index (κ3) is 8.01. The van der Waals surface area contributed by atoms with Gasteiger partial charge in [-0.2, -0.15) is 8.42 Å². The summed E-state index contributed by atoms with van der Waals surface area (Å²) in [6.45, 7) is 4.60. The number of hydrogen-bond acceptors (Lipinski definition) is 3. The van der Waals surface area contributed by atoms with Crippen molar-refractivity contribution in [1.29, 1.82) is 0 Å². The van der Waals surface area contributed by atoms with Crippen molar-refractivity contribution in [2.45, 2.75) is 33.1 Å². The highest BCUT2D eigenvalue weighted by Crippen LogP contribution is 2.09. The zero-order valence-corrected chi connectivity index (χ0v) is 8.86. The fourth-order valence-electron chi connectivity index (χ4n) is 0.846. The summed E-state index contributed by atoms with van der Waals surface area (Å²) < 4.78 is 25.6. The summed E-state index contributed by atoms with van der Waals surface area (Å²) >= 11 is 0. The van der Waals surface area contributed by atoms with E-state index < -0.39 is 10.1 Å². The molecular weight excluding hydrogens is 176 g/mol. The SMILES string of the molecule is CCC(C)CCCOS(C)(=O)=O. The van der Waals surface area contributed by atoms with Crippen LogP contribution in [0.15, 0.2) is 0 Å². The predicted molar refractivity (Wildman–Crippen MR) is 49.5 cm³/mol. The van der Waals surface area contributed by atoms with Crippen molar-refractivity contribution >= 4 is 10.1 Å². The quantitative estimate of drug-likeness (QED) is 0.478. The normalized spacial score (nSPS) is 14.6. The molecule has 74 valence electrons. The molecule has 0 saturated heterocycles. The highest BCUT2D eigenvalue weighted by molar-refractivity contribution is 7.85. The molecule has 0 bridgehead atoms. The average molecular weight is 194 g/mol. The first kappa shape index (κ1) is 11.9. The number of hydrogen-bond donors (Lipinski definition) is 0. The molecule has 1 unspecified atom stereocenters. The topological polar surface area (TPSA) is 43.4 Å². The molecule has 12 heavy (non-hydrogen) atoms. The van der Waals surface area contributed by atoms with Crippen molar-refractivity contribution in [2.24, 2.45) is 5.92 Å². The van der Waals surface area contributed by atoms with Gasteiger partial charge in [-0.05, 0) is 18.8 Å². The number of rotatable bonds is 6. The van der Waals surface area contributed by atoms with E-state index in [4.69, 9.17) is 0 Å². The van der Waals surface area contributed by atoms with Crippen LogP contribution in [0.3, 0.4) is 0 Å². The van der Waals surface area contributed by atoms with Crippen molar-refractivity contribution in [3.05, 3.63) is 0 Å². The Bertz CT molecular complexity index is 196. The van der Waals surface area contributed by atoms with Crippen molar-refractivity contribution in [1.82, 2.24) is 0 Å². The van der Waals surface area contributed by atoms with Crippen molar-refractivity contribution in [3.8, 4) is 0 Å². The molecule has 0 aliphatic heterocycles. The van der Waals surface area contributed by atoms with Crippen LogP contribution in [-0.4, -0.2) is 21.3 Å². The van der Waals surface area contributed by atoms with Gasteiger partial charge in [0.2, 0.25) is 0 Å². The Morgan fingerprint density at radius 3 is 2.42 bits per heavy atom. The molecule has 0 N–H and O–H groups in total. The Balaban J connectivity index is 3.34. The van der Waals surface area contributed by atoms with Crippen LogP contribution < -0.4 is 0 Å². The summed E-state index contributed by atoms with van der Waals surface area (Å²) in [7, 11) is -3.23. The molecule has 0 aromatic heterocycles.